The highest BCUT2D eigenvalue weighted by Crippen LogP contribution is 2.36. The number of thiophene rings is 1. The molecule has 0 aliphatic carbocycles. The molecule has 0 unspecified atom stereocenters. The van der Waals surface area contributed by atoms with Gasteiger partial charge in [-0.2, -0.15) is 5.10 Å². The molecule has 0 saturated heterocycles. The van der Waals surface area contributed by atoms with Gasteiger partial charge in [-0.25, -0.2) is 9.59 Å². The summed E-state index contributed by atoms with van der Waals surface area (Å²) in [5, 5.41) is 9.79. The molecule has 34 heavy (non-hydrogen) atoms. The first-order valence-electron chi connectivity index (χ1n) is 10.6. The van der Waals surface area contributed by atoms with Gasteiger partial charge in [0.1, 0.15) is 15.6 Å². The molecule has 1 aliphatic rings. The molecule has 2 N–H and O–H groups in total. The Kier molecular flexibility index (Phi) is 6.55. The van der Waals surface area contributed by atoms with E-state index >= 15 is 0 Å². The lowest BCUT2D eigenvalue weighted by Crippen LogP contribution is -2.17. The van der Waals surface area contributed by atoms with Gasteiger partial charge < -0.3 is 24.3 Å². The number of anilines is 1. The van der Waals surface area contributed by atoms with Gasteiger partial charge in [-0.1, -0.05) is 0 Å². The van der Waals surface area contributed by atoms with Gasteiger partial charge >= 0.3 is 11.9 Å². The molecule has 0 radical (unpaired) electrons. The predicted molar refractivity (Wildman–Crippen MR) is 124 cm³/mol. The van der Waals surface area contributed by atoms with Crippen LogP contribution >= 0.6 is 11.3 Å². The molecule has 178 valence electrons. The Morgan fingerprint density at radius 2 is 1.94 bits per heavy atom. The Morgan fingerprint density at radius 3 is 2.68 bits per heavy atom. The van der Waals surface area contributed by atoms with Gasteiger partial charge in [0, 0.05) is 5.56 Å². The van der Waals surface area contributed by atoms with E-state index in [2.05, 4.69) is 15.5 Å². The zero-order valence-corrected chi connectivity index (χ0v) is 19.8. The van der Waals surface area contributed by atoms with Crippen LogP contribution in [0.3, 0.4) is 0 Å². The third-order valence-electron chi connectivity index (χ3n) is 4.87. The van der Waals surface area contributed by atoms with E-state index in [0.717, 1.165) is 16.9 Å². The van der Waals surface area contributed by atoms with Crippen LogP contribution in [0.25, 0.3) is 11.3 Å². The minimum atomic E-state index is -0.639. The maximum absolute atomic E-state index is 13.0. The summed E-state index contributed by atoms with van der Waals surface area (Å²) in [6.07, 6.45) is -0.377. The SMILES string of the molecule is CCOC(=O)c1sc(NC(=O)c2cc(-c3ccc4c(c3)OCO4)n[nH]2)c(C(=O)OC(C)C)c1C. The van der Waals surface area contributed by atoms with Crippen LogP contribution in [0.5, 0.6) is 11.5 Å². The molecule has 1 amide bonds. The lowest BCUT2D eigenvalue weighted by Gasteiger charge is -2.10. The number of hydrogen-bond donors (Lipinski definition) is 2. The molecule has 2 aromatic heterocycles. The topological polar surface area (TPSA) is 129 Å². The number of aromatic amines is 1. The fourth-order valence-corrected chi connectivity index (χ4v) is 4.41. The van der Waals surface area contributed by atoms with Crippen molar-refractivity contribution in [1.82, 2.24) is 10.2 Å². The van der Waals surface area contributed by atoms with Gasteiger partial charge in [-0.15, -0.1) is 11.3 Å². The maximum atomic E-state index is 13.0. The Balaban J connectivity index is 1.60. The Bertz CT molecular complexity index is 1260. The van der Waals surface area contributed by atoms with E-state index in [-0.39, 0.29) is 40.6 Å². The van der Waals surface area contributed by atoms with Gasteiger partial charge in [-0.05, 0) is 57.5 Å². The largest absolute Gasteiger partial charge is 0.462 e. The van der Waals surface area contributed by atoms with Gasteiger partial charge in [0.25, 0.3) is 5.91 Å². The minimum absolute atomic E-state index is 0.116. The summed E-state index contributed by atoms with van der Waals surface area (Å²) >= 11 is 0.957. The van der Waals surface area contributed by atoms with Gasteiger partial charge in [-0.3, -0.25) is 9.89 Å². The van der Waals surface area contributed by atoms with Crippen LogP contribution in [0.1, 0.15) is 56.9 Å². The number of carbonyl (C=O) groups is 3. The summed E-state index contributed by atoms with van der Waals surface area (Å²) in [7, 11) is 0. The number of fused-ring (bicyclic) bond motifs is 1. The lowest BCUT2D eigenvalue weighted by molar-refractivity contribution is 0.0379. The van der Waals surface area contributed by atoms with E-state index in [9.17, 15) is 14.4 Å². The van der Waals surface area contributed by atoms with E-state index in [1.807, 2.05) is 0 Å². The summed E-state index contributed by atoms with van der Waals surface area (Å²) in [5.41, 5.74) is 1.93. The lowest BCUT2D eigenvalue weighted by atomic mass is 10.1. The Hall–Kier alpha value is -3.86. The van der Waals surface area contributed by atoms with Crippen molar-refractivity contribution in [2.75, 3.05) is 18.7 Å². The van der Waals surface area contributed by atoms with Gasteiger partial charge in [0.2, 0.25) is 6.79 Å². The van der Waals surface area contributed by atoms with Crippen LogP contribution in [0.4, 0.5) is 5.00 Å². The quantitative estimate of drug-likeness (QED) is 0.477. The summed E-state index contributed by atoms with van der Waals surface area (Å²) in [6, 6.07) is 6.92. The molecule has 11 heteroatoms. The molecule has 3 heterocycles. The van der Waals surface area contributed by atoms with Crippen LogP contribution in [0.15, 0.2) is 24.3 Å². The van der Waals surface area contributed by atoms with Crippen molar-refractivity contribution < 1.29 is 33.3 Å². The summed E-state index contributed by atoms with van der Waals surface area (Å²) in [4.78, 5) is 38.3. The highest BCUT2D eigenvalue weighted by atomic mass is 32.1. The normalized spacial score (nSPS) is 12.0. The third kappa shape index (κ3) is 4.60. The fraction of sp³-hybridized carbons (Fsp3) is 0.304. The van der Waals surface area contributed by atoms with Crippen molar-refractivity contribution in [2.24, 2.45) is 0 Å². The average molecular weight is 486 g/mol. The van der Waals surface area contributed by atoms with Crippen molar-refractivity contribution in [2.45, 2.75) is 33.8 Å². The monoisotopic (exact) mass is 485 g/mol. The van der Waals surface area contributed by atoms with E-state index in [0.29, 0.717) is 22.8 Å². The number of aromatic nitrogens is 2. The zero-order valence-electron chi connectivity index (χ0n) is 19.0. The third-order valence-corrected chi connectivity index (χ3v) is 6.06. The zero-order chi connectivity index (χ0) is 24.4. The van der Waals surface area contributed by atoms with E-state index in [4.69, 9.17) is 18.9 Å². The molecular weight excluding hydrogens is 462 g/mol. The molecule has 3 aromatic rings. The second-order valence-corrected chi connectivity index (χ2v) is 8.64. The molecule has 0 spiro atoms. The fourth-order valence-electron chi connectivity index (χ4n) is 3.32. The molecule has 1 aliphatic heterocycles. The van der Waals surface area contributed by atoms with Gasteiger partial charge in [0.15, 0.2) is 11.5 Å². The maximum Gasteiger partial charge on any atom is 0.348 e. The van der Waals surface area contributed by atoms with E-state index < -0.39 is 17.8 Å². The number of amides is 1. The van der Waals surface area contributed by atoms with Crippen molar-refractivity contribution in [3.63, 3.8) is 0 Å². The predicted octanol–water partition coefficient (Wildman–Crippen LogP) is 4.17. The number of hydrogen-bond acceptors (Lipinski definition) is 9. The first-order valence-corrected chi connectivity index (χ1v) is 11.4. The smallest absolute Gasteiger partial charge is 0.348 e. The molecule has 0 fully saturated rings. The molecular formula is C23H23N3O7S. The van der Waals surface area contributed by atoms with Crippen LogP contribution in [0, 0.1) is 6.92 Å². The second kappa shape index (κ2) is 9.56. The van der Waals surface area contributed by atoms with Crippen LogP contribution < -0.4 is 14.8 Å². The average Bonchev–Trinajstić information content (AvgIpc) is 3.51. The highest BCUT2D eigenvalue weighted by molar-refractivity contribution is 7.18. The Labute approximate surface area is 199 Å². The molecule has 0 bridgehead atoms. The van der Waals surface area contributed by atoms with Gasteiger partial charge in [0.05, 0.1) is 24.0 Å². The molecule has 4 rings (SSSR count). The van der Waals surface area contributed by atoms with Crippen LogP contribution in [-0.4, -0.2) is 47.5 Å². The molecule has 10 nitrogen and oxygen atoms in total. The van der Waals surface area contributed by atoms with Crippen molar-refractivity contribution >= 4 is 34.2 Å². The van der Waals surface area contributed by atoms with Crippen molar-refractivity contribution in [1.29, 1.82) is 0 Å². The number of H-pyrrole nitrogens is 1. The molecule has 1 aromatic carbocycles. The summed E-state index contributed by atoms with van der Waals surface area (Å²) in [6.45, 7) is 7.07. The van der Waals surface area contributed by atoms with E-state index in [1.165, 1.54) is 0 Å². The molecule has 0 atom stereocenters. The van der Waals surface area contributed by atoms with Crippen LogP contribution in [0.2, 0.25) is 0 Å². The number of nitrogens with one attached hydrogen (secondary N) is 2. The number of nitrogens with zero attached hydrogens (tertiary/aromatic N) is 1. The number of benzene rings is 1. The number of carbonyl (C=O) groups excluding carboxylic acids is 3. The Morgan fingerprint density at radius 1 is 1.18 bits per heavy atom. The van der Waals surface area contributed by atoms with Crippen LogP contribution in [-0.2, 0) is 9.47 Å². The first kappa shape index (κ1) is 23.3. The van der Waals surface area contributed by atoms with Crippen molar-refractivity contribution in [3.8, 4) is 22.8 Å². The van der Waals surface area contributed by atoms with E-state index in [1.54, 1.807) is 52.0 Å². The number of esters is 2. The summed E-state index contributed by atoms with van der Waals surface area (Å²) < 4.78 is 21.1. The first-order chi connectivity index (χ1) is 16.3. The van der Waals surface area contributed by atoms with Crippen molar-refractivity contribution in [3.05, 3.63) is 46.0 Å². The number of rotatable bonds is 7. The standard InChI is InChI=1S/C23H23N3O7S/c1-5-30-23(29)19-12(4)18(22(28)33-11(2)3)21(34-19)24-20(27)15-9-14(25-26-15)13-6-7-16-17(8-13)32-10-31-16/h6-9,11H,5,10H2,1-4H3,(H,24,27)(H,25,26). The summed E-state index contributed by atoms with van der Waals surface area (Å²) in [5.74, 6) is -0.505. The highest BCUT2D eigenvalue weighted by Gasteiger charge is 2.28. The second-order valence-electron chi connectivity index (χ2n) is 7.62. The molecule has 0 saturated carbocycles. The number of ether oxygens (including phenoxy) is 4. The minimum Gasteiger partial charge on any atom is -0.462 e.